The van der Waals surface area contributed by atoms with E-state index >= 15 is 0 Å². The van der Waals surface area contributed by atoms with Crippen molar-refractivity contribution in [1.29, 1.82) is 0 Å². The SMILES string of the molecule is NC(=O)C1CCC1c1ccccn1. The molecule has 1 aromatic rings. The fourth-order valence-corrected chi connectivity index (χ4v) is 1.79. The standard InChI is InChI=1S/C10H12N2O/c11-10(13)8-5-4-7(8)9-3-1-2-6-12-9/h1-3,6-8H,4-5H2,(H2,11,13). The summed E-state index contributed by atoms with van der Waals surface area (Å²) in [4.78, 5) is 15.2. The van der Waals surface area contributed by atoms with Gasteiger partial charge >= 0.3 is 0 Å². The number of primary amides is 1. The van der Waals surface area contributed by atoms with Gasteiger partial charge in [-0.05, 0) is 25.0 Å². The summed E-state index contributed by atoms with van der Waals surface area (Å²) in [5.74, 6) is 0.0792. The average Bonchev–Trinajstić information content (AvgIpc) is 2.02. The van der Waals surface area contributed by atoms with Gasteiger partial charge in [0.1, 0.15) is 0 Å². The third-order valence-electron chi connectivity index (χ3n) is 2.71. The van der Waals surface area contributed by atoms with Crippen molar-refractivity contribution in [3.05, 3.63) is 30.1 Å². The molecule has 3 heteroatoms. The molecular weight excluding hydrogens is 164 g/mol. The lowest BCUT2D eigenvalue weighted by molar-refractivity contribution is -0.125. The van der Waals surface area contributed by atoms with Crippen molar-refractivity contribution in [3.8, 4) is 0 Å². The molecule has 2 atom stereocenters. The third kappa shape index (κ3) is 1.41. The molecular formula is C10H12N2O. The number of nitrogens with zero attached hydrogens (tertiary/aromatic N) is 1. The van der Waals surface area contributed by atoms with Gasteiger partial charge in [-0.15, -0.1) is 0 Å². The average molecular weight is 176 g/mol. The minimum atomic E-state index is -0.193. The van der Waals surface area contributed by atoms with E-state index in [1.807, 2.05) is 18.2 Å². The number of hydrogen-bond donors (Lipinski definition) is 1. The van der Waals surface area contributed by atoms with Crippen LogP contribution in [0.15, 0.2) is 24.4 Å². The molecule has 1 amide bonds. The van der Waals surface area contributed by atoms with Crippen molar-refractivity contribution in [1.82, 2.24) is 4.98 Å². The Morgan fingerprint density at radius 3 is 2.77 bits per heavy atom. The van der Waals surface area contributed by atoms with Crippen LogP contribution in [0.25, 0.3) is 0 Å². The lowest BCUT2D eigenvalue weighted by Gasteiger charge is -2.33. The Bertz CT molecular complexity index is 310. The Morgan fingerprint density at radius 2 is 2.31 bits per heavy atom. The van der Waals surface area contributed by atoms with Crippen LogP contribution in [0.2, 0.25) is 0 Å². The van der Waals surface area contributed by atoms with Gasteiger partial charge in [-0.1, -0.05) is 6.07 Å². The molecule has 2 rings (SSSR count). The number of aromatic nitrogens is 1. The second-order valence-corrected chi connectivity index (χ2v) is 3.45. The Kier molecular flexibility index (Phi) is 2.00. The van der Waals surface area contributed by atoms with Crippen LogP contribution >= 0.6 is 0 Å². The highest BCUT2D eigenvalue weighted by molar-refractivity contribution is 5.78. The largest absolute Gasteiger partial charge is 0.369 e. The predicted octanol–water partition coefficient (Wildman–Crippen LogP) is 1.06. The molecule has 3 nitrogen and oxygen atoms in total. The molecule has 1 aliphatic carbocycles. The third-order valence-corrected chi connectivity index (χ3v) is 2.71. The number of amides is 1. The Labute approximate surface area is 77.0 Å². The van der Waals surface area contributed by atoms with Crippen LogP contribution in [0.1, 0.15) is 24.5 Å². The van der Waals surface area contributed by atoms with Crippen molar-refractivity contribution < 1.29 is 4.79 Å². The van der Waals surface area contributed by atoms with Crippen LogP contribution in [-0.4, -0.2) is 10.9 Å². The van der Waals surface area contributed by atoms with Gasteiger partial charge in [0, 0.05) is 23.7 Å². The fourth-order valence-electron chi connectivity index (χ4n) is 1.79. The molecule has 0 aromatic carbocycles. The molecule has 0 spiro atoms. The van der Waals surface area contributed by atoms with Gasteiger partial charge in [-0.3, -0.25) is 9.78 Å². The summed E-state index contributed by atoms with van der Waals surface area (Å²) in [7, 11) is 0. The van der Waals surface area contributed by atoms with Crippen LogP contribution in [0.5, 0.6) is 0 Å². The van der Waals surface area contributed by atoms with E-state index in [9.17, 15) is 4.79 Å². The first-order valence-electron chi connectivity index (χ1n) is 4.49. The van der Waals surface area contributed by atoms with E-state index in [4.69, 9.17) is 5.73 Å². The molecule has 0 bridgehead atoms. The molecule has 1 heterocycles. The topological polar surface area (TPSA) is 56.0 Å². The summed E-state index contributed by atoms with van der Waals surface area (Å²) < 4.78 is 0. The first-order valence-corrected chi connectivity index (χ1v) is 4.49. The van der Waals surface area contributed by atoms with Crippen LogP contribution in [0, 0.1) is 5.92 Å². The van der Waals surface area contributed by atoms with E-state index < -0.39 is 0 Å². The van der Waals surface area contributed by atoms with Crippen LogP contribution in [0.4, 0.5) is 0 Å². The molecule has 1 aromatic heterocycles. The van der Waals surface area contributed by atoms with E-state index in [1.54, 1.807) is 6.20 Å². The number of carbonyl (C=O) groups excluding carboxylic acids is 1. The molecule has 1 fully saturated rings. The van der Waals surface area contributed by atoms with Crippen LogP contribution in [0.3, 0.4) is 0 Å². The number of rotatable bonds is 2. The maximum absolute atomic E-state index is 11.0. The van der Waals surface area contributed by atoms with Crippen molar-refractivity contribution in [3.63, 3.8) is 0 Å². The second kappa shape index (κ2) is 3.17. The summed E-state index contributed by atoms with van der Waals surface area (Å²) in [6.07, 6.45) is 3.70. The van der Waals surface area contributed by atoms with Gasteiger partial charge in [-0.25, -0.2) is 0 Å². The van der Waals surface area contributed by atoms with Crippen molar-refractivity contribution in [2.75, 3.05) is 0 Å². The summed E-state index contributed by atoms with van der Waals surface area (Å²) in [5.41, 5.74) is 6.26. The Hall–Kier alpha value is -1.38. The van der Waals surface area contributed by atoms with Gasteiger partial charge in [0.05, 0.1) is 0 Å². The number of hydrogen-bond acceptors (Lipinski definition) is 2. The molecule has 13 heavy (non-hydrogen) atoms. The molecule has 2 N–H and O–H groups in total. The molecule has 2 unspecified atom stereocenters. The highest BCUT2D eigenvalue weighted by Gasteiger charge is 2.36. The number of nitrogens with two attached hydrogens (primary N) is 1. The molecule has 0 radical (unpaired) electrons. The molecule has 0 aliphatic heterocycles. The summed E-state index contributed by atoms with van der Waals surface area (Å²) in [6.45, 7) is 0. The maximum atomic E-state index is 11.0. The second-order valence-electron chi connectivity index (χ2n) is 3.45. The van der Waals surface area contributed by atoms with Gasteiger partial charge in [-0.2, -0.15) is 0 Å². The lowest BCUT2D eigenvalue weighted by atomic mass is 9.71. The molecule has 1 aliphatic rings. The first kappa shape index (κ1) is 8.23. The summed E-state index contributed by atoms with van der Waals surface area (Å²) in [5, 5.41) is 0. The monoisotopic (exact) mass is 176 g/mol. The van der Waals surface area contributed by atoms with Crippen LogP contribution in [-0.2, 0) is 4.79 Å². The maximum Gasteiger partial charge on any atom is 0.221 e. The van der Waals surface area contributed by atoms with Crippen LogP contribution < -0.4 is 5.73 Å². The van der Waals surface area contributed by atoms with Gasteiger partial charge in [0.2, 0.25) is 5.91 Å². The van der Waals surface area contributed by atoms with E-state index in [2.05, 4.69) is 4.98 Å². The van der Waals surface area contributed by atoms with Crippen molar-refractivity contribution >= 4 is 5.91 Å². The normalized spacial score (nSPS) is 26.5. The zero-order chi connectivity index (χ0) is 9.26. The predicted molar refractivity (Wildman–Crippen MR) is 48.9 cm³/mol. The minimum absolute atomic E-state index is 0.00917. The fraction of sp³-hybridized carbons (Fsp3) is 0.400. The smallest absolute Gasteiger partial charge is 0.221 e. The first-order chi connectivity index (χ1) is 6.29. The van der Waals surface area contributed by atoms with Crippen molar-refractivity contribution in [2.45, 2.75) is 18.8 Å². The molecule has 1 saturated carbocycles. The van der Waals surface area contributed by atoms with E-state index in [0.717, 1.165) is 18.5 Å². The zero-order valence-electron chi connectivity index (χ0n) is 7.31. The van der Waals surface area contributed by atoms with E-state index in [1.165, 1.54) is 0 Å². The van der Waals surface area contributed by atoms with Gasteiger partial charge in [0.25, 0.3) is 0 Å². The Morgan fingerprint density at radius 1 is 1.46 bits per heavy atom. The van der Waals surface area contributed by atoms with Gasteiger partial charge < -0.3 is 5.73 Å². The van der Waals surface area contributed by atoms with E-state index in [0.29, 0.717) is 0 Å². The quantitative estimate of drug-likeness (QED) is 0.732. The van der Waals surface area contributed by atoms with Gasteiger partial charge in [0.15, 0.2) is 0 Å². The number of pyridine rings is 1. The molecule has 68 valence electrons. The number of carbonyl (C=O) groups is 1. The van der Waals surface area contributed by atoms with E-state index in [-0.39, 0.29) is 17.7 Å². The lowest BCUT2D eigenvalue weighted by Crippen LogP contribution is -2.36. The zero-order valence-corrected chi connectivity index (χ0v) is 7.31. The minimum Gasteiger partial charge on any atom is -0.369 e. The highest BCUT2D eigenvalue weighted by Crippen LogP contribution is 2.41. The highest BCUT2D eigenvalue weighted by atomic mass is 16.1. The summed E-state index contributed by atoms with van der Waals surface area (Å²) >= 11 is 0. The van der Waals surface area contributed by atoms with Crippen molar-refractivity contribution in [2.24, 2.45) is 11.7 Å². The molecule has 0 saturated heterocycles. The summed E-state index contributed by atoms with van der Waals surface area (Å²) in [6, 6.07) is 5.78. The Balaban J connectivity index is 2.15.